The number of rotatable bonds is 4. The lowest BCUT2D eigenvalue weighted by molar-refractivity contribution is 0.0954. The Morgan fingerprint density at radius 3 is 2.40 bits per heavy atom. The first-order valence-corrected chi connectivity index (χ1v) is 7.81. The molecule has 1 N–H and O–H groups in total. The molecule has 2 nitrogen and oxygen atoms in total. The minimum Gasteiger partial charge on any atom is -0.352 e. The van der Waals surface area contributed by atoms with E-state index in [1.807, 2.05) is 16.8 Å². The molecular weight excluding hydrogens is 266 g/mol. The highest BCUT2D eigenvalue weighted by molar-refractivity contribution is 7.08. The van der Waals surface area contributed by atoms with Gasteiger partial charge in [-0.25, -0.2) is 0 Å². The van der Waals surface area contributed by atoms with E-state index >= 15 is 0 Å². The summed E-state index contributed by atoms with van der Waals surface area (Å²) in [6, 6.07) is 10.5. The van der Waals surface area contributed by atoms with Gasteiger partial charge in [-0.15, -0.1) is 0 Å². The van der Waals surface area contributed by atoms with E-state index in [0.29, 0.717) is 6.54 Å². The van der Waals surface area contributed by atoms with Gasteiger partial charge in [-0.1, -0.05) is 45.0 Å². The van der Waals surface area contributed by atoms with Crippen molar-refractivity contribution in [3.8, 4) is 0 Å². The van der Waals surface area contributed by atoms with E-state index in [-0.39, 0.29) is 11.3 Å². The molecule has 0 saturated heterocycles. The maximum atomic E-state index is 11.8. The summed E-state index contributed by atoms with van der Waals surface area (Å²) < 4.78 is 0. The molecule has 0 atom stereocenters. The summed E-state index contributed by atoms with van der Waals surface area (Å²) in [5.41, 5.74) is 3.52. The largest absolute Gasteiger partial charge is 0.352 e. The van der Waals surface area contributed by atoms with Crippen LogP contribution < -0.4 is 5.32 Å². The molecule has 2 rings (SSSR count). The number of thiophene rings is 1. The molecule has 0 saturated carbocycles. The third kappa shape index (κ3) is 3.94. The van der Waals surface area contributed by atoms with Crippen molar-refractivity contribution < 1.29 is 4.79 Å². The van der Waals surface area contributed by atoms with Crippen LogP contribution in [0.5, 0.6) is 0 Å². The minimum absolute atomic E-state index is 0.0116. The van der Waals surface area contributed by atoms with Gasteiger partial charge in [0.2, 0.25) is 0 Å². The molecule has 2 aromatic rings. The second-order valence-corrected chi connectivity index (χ2v) is 6.74. The summed E-state index contributed by atoms with van der Waals surface area (Å²) in [5.74, 6) is 0.0116. The topological polar surface area (TPSA) is 29.1 Å². The van der Waals surface area contributed by atoms with E-state index in [0.717, 1.165) is 12.0 Å². The lowest BCUT2D eigenvalue weighted by Gasteiger charge is -2.19. The average molecular weight is 287 g/mol. The summed E-state index contributed by atoms with van der Waals surface area (Å²) >= 11 is 1.54. The number of carbonyl (C=O) groups excluding carboxylic acids is 1. The Hall–Kier alpha value is -1.61. The molecule has 0 aliphatic carbocycles. The fraction of sp³-hybridized carbons (Fsp3) is 0.353. The number of hydrogen-bond donors (Lipinski definition) is 1. The predicted molar refractivity (Wildman–Crippen MR) is 85.5 cm³/mol. The fourth-order valence-corrected chi connectivity index (χ4v) is 2.62. The highest BCUT2D eigenvalue weighted by Crippen LogP contribution is 2.22. The molecule has 0 aliphatic rings. The van der Waals surface area contributed by atoms with Crippen LogP contribution in [0.2, 0.25) is 0 Å². The van der Waals surface area contributed by atoms with Gasteiger partial charge in [-0.2, -0.15) is 11.3 Å². The Balaban J connectivity index is 1.84. The van der Waals surface area contributed by atoms with E-state index < -0.39 is 0 Å². The fourth-order valence-electron chi connectivity index (χ4n) is 1.99. The number of hydrogen-bond acceptors (Lipinski definition) is 2. The number of nitrogens with one attached hydrogen (secondary N) is 1. The highest BCUT2D eigenvalue weighted by atomic mass is 32.1. The van der Waals surface area contributed by atoms with Gasteiger partial charge in [0.1, 0.15) is 0 Å². The molecule has 0 aliphatic heterocycles. The number of carbonyl (C=O) groups is 1. The van der Waals surface area contributed by atoms with E-state index in [2.05, 4.69) is 50.4 Å². The number of benzene rings is 1. The van der Waals surface area contributed by atoms with Gasteiger partial charge >= 0.3 is 0 Å². The molecule has 0 bridgehead atoms. The Labute approximate surface area is 124 Å². The van der Waals surface area contributed by atoms with Gasteiger partial charge in [-0.05, 0) is 34.4 Å². The lowest BCUT2D eigenvalue weighted by atomic mass is 9.86. The molecule has 106 valence electrons. The number of amides is 1. The summed E-state index contributed by atoms with van der Waals surface area (Å²) in [5, 5.41) is 6.73. The van der Waals surface area contributed by atoms with Crippen LogP contribution in [0.1, 0.15) is 42.3 Å². The van der Waals surface area contributed by atoms with Gasteiger partial charge in [0.05, 0.1) is 0 Å². The van der Waals surface area contributed by atoms with Crippen molar-refractivity contribution in [2.75, 3.05) is 6.54 Å². The van der Waals surface area contributed by atoms with Crippen molar-refractivity contribution in [3.05, 3.63) is 57.8 Å². The second-order valence-electron chi connectivity index (χ2n) is 5.96. The standard InChI is InChI=1S/C17H21NOS/c1-17(2,3)15-6-4-13(5-7-15)8-10-18-16(19)14-9-11-20-12-14/h4-7,9,11-12H,8,10H2,1-3H3,(H,18,19). The van der Waals surface area contributed by atoms with Gasteiger partial charge in [0.25, 0.3) is 5.91 Å². The summed E-state index contributed by atoms with van der Waals surface area (Å²) in [6.07, 6.45) is 0.861. The van der Waals surface area contributed by atoms with Crippen molar-refractivity contribution in [1.82, 2.24) is 5.32 Å². The van der Waals surface area contributed by atoms with Crippen LogP contribution in [-0.4, -0.2) is 12.5 Å². The molecule has 1 amide bonds. The van der Waals surface area contributed by atoms with Crippen LogP contribution in [0.3, 0.4) is 0 Å². The van der Waals surface area contributed by atoms with Gasteiger partial charge < -0.3 is 5.32 Å². The molecule has 3 heteroatoms. The van der Waals surface area contributed by atoms with Crippen LogP contribution in [0, 0.1) is 0 Å². The third-order valence-electron chi connectivity index (χ3n) is 3.30. The molecular formula is C17H21NOS. The van der Waals surface area contributed by atoms with E-state index in [9.17, 15) is 4.79 Å². The zero-order valence-electron chi connectivity index (χ0n) is 12.3. The third-order valence-corrected chi connectivity index (χ3v) is 3.99. The average Bonchev–Trinajstić information content (AvgIpc) is 2.92. The molecule has 1 heterocycles. The van der Waals surface area contributed by atoms with Gasteiger partial charge in [-0.3, -0.25) is 4.79 Å². The zero-order valence-corrected chi connectivity index (χ0v) is 13.1. The van der Waals surface area contributed by atoms with Gasteiger partial charge in [0, 0.05) is 17.5 Å². The van der Waals surface area contributed by atoms with Crippen LogP contribution >= 0.6 is 11.3 Å². The smallest absolute Gasteiger partial charge is 0.252 e. The lowest BCUT2D eigenvalue weighted by Crippen LogP contribution is -2.25. The monoisotopic (exact) mass is 287 g/mol. The van der Waals surface area contributed by atoms with Crippen LogP contribution in [0.15, 0.2) is 41.1 Å². The van der Waals surface area contributed by atoms with Crippen LogP contribution in [-0.2, 0) is 11.8 Å². The molecule has 0 radical (unpaired) electrons. The van der Waals surface area contributed by atoms with Crippen molar-refractivity contribution in [2.24, 2.45) is 0 Å². The SMILES string of the molecule is CC(C)(C)c1ccc(CCNC(=O)c2ccsc2)cc1. The van der Waals surface area contributed by atoms with E-state index in [4.69, 9.17) is 0 Å². The molecule has 1 aromatic heterocycles. The maximum absolute atomic E-state index is 11.8. The normalized spacial score (nSPS) is 11.3. The zero-order chi connectivity index (χ0) is 14.6. The van der Waals surface area contributed by atoms with Crippen molar-refractivity contribution in [3.63, 3.8) is 0 Å². The Bertz CT molecular complexity index is 550. The van der Waals surface area contributed by atoms with E-state index in [1.165, 1.54) is 11.1 Å². The predicted octanol–water partition coefficient (Wildman–Crippen LogP) is 4.02. The summed E-state index contributed by atoms with van der Waals surface area (Å²) in [7, 11) is 0. The first kappa shape index (κ1) is 14.8. The first-order valence-electron chi connectivity index (χ1n) is 6.86. The minimum atomic E-state index is 0.0116. The van der Waals surface area contributed by atoms with Crippen molar-refractivity contribution >= 4 is 17.2 Å². The highest BCUT2D eigenvalue weighted by Gasteiger charge is 2.12. The van der Waals surface area contributed by atoms with E-state index in [1.54, 1.807) is 11.3 Å². The molecule has 0 unspecified atom stereocenters. The Morgan fingerprint density at radius 2 is 1.85 bits per heavy atom. The second kappa shape index (κ2) is 6.23. The summed E-state index contributed by atoms with van der Waals surface area (Å²) in [6.45, 7) is 7.30. The van der Waals surface area contributed by atoms with Gasteiger partial charge in [0.15, 0.2) is 0 Å². The summed E-state index contributed by atoms with van der Waals surface area (Å²) in [4.78, 5) is 11.8. The molecule has 0 fully saturated rings. The molecule has 0 spiro atoms. The first-order chi connectivity index (χ1) is 9.47. The maximum Gasteiger partial charge on any atom is 0.252 e. The Kier molecular flexibility index (Phi) is 4.61. The van der Waals surface area contributed by atoms with Crippen molar-refractivity contribution in [1.29, 1.82) is 0 Å². The van der Waals surface area contributed by atoms with Crippen LogP contribution in [0.4, 0.5) is 0 Å². The van der Waals surface area contributed by atoms with Crippen molar-refractivity contribution in [2.45, 2.75) is 32.6 Å². The van der Waals surface area contributed by atoms with Crippen LogP contribution in [0.25, 0.3) is 0 Å². The molecule has 20 heavy (non-hydrogen) atoms. The Morgan fingerprint density at radius 1 is 1.15 bits per heavy atom. The quantitative estimate of drug-likeness (QED) is 0.904. The molecule has 1 aromatic carbocycles.